The first-order chi connectivity index (χ1) is 2.56. The van der Waals surface area contributed by atoms with Gasteiger partial charge in [-0.2, -0.15) is 0 Å². The van der Waals surface area contributed by atoms with Crippen LogP contribution in [0.4, 0.5) is 4.39 Å². The van der Waals surface area contributed by atoms with Gasteiger partial charge in [0, 0.05) is 0 Å². The third-order valence-corrected chi connectivity index (χ3v) is 5.18. The number of hydrogen-bond acceptors (Lipinski definition) is 1. The van der Waals surface area contributed by atoms with Gasteiger partial charge in [0.2, 0.25) is 0 Å². The third-order valence-electron chi connectivity index (χ3n) is 0.0875. The van der Waals surface area contributed by atoms with Gasteiger partial charge in [-0.15, -0.1) is 0 Å². The first-order valence-electron chi connectivity index (χ1n) is 0.925. The lowest BCUT2D eigenvalue weighted by atomic mass is 11.8. The van der Waals surface area contributed by atoms with Gasteiger partial charge in [-0.3, -0.25) is 0 Å². The summed E-state index contributed by atoms with van der Waals surface area (Å²) in [4.78, 5) is 0. The first kappa shape index (κ1) is 7.72. The Morgan fingerprint density at radius 3 is 1.67 bits per heavy atom. The summed E-state index contributed by atoms with van der Waals surface area (Å²) in [6.45, 7) is 0. The maximum Gasteiger partial charge on any atom is 0.274 e. The van der Waals surface area contributed by atoms with Crippen LogP contribution in [0.15, 0.2) is 0 Å². The SMILES string of the molecule is FC(Br)(Br)SBr. The van der Waals surface area contributed by atoms with E-state index in [0.29, 0.717) is 0 Å². The molecule has 0 aromatic carbocycles. The largest absolute Gasteiger partial charge is 0.274 e. The van der Waals surface area contributed by atoms with E-state index >= 15 is 0 Å². The van der Waals surface area contributed by atoms with Gasteiger partial charge in [0.05, 0.1) is 0 Å². The molecule has 0 aliphatic carbocycles. The highest BCUT2D eigenvalue weighted by Crippen LogP contribution is 2.43. The Morgan fingerprint density at radius 1 is 1.50 bits per heavy atom. The van der Waals surface area contributed by atoms with Crippen molar-refractivity contribution in [2.75, 3.05) is 0 Å². The molecule has 0 aliphatic rings. The summed E-state index contributed by atoms with van der Waals surface area (Å²) in [6, 6.07) is 0. The molecular weight excluding hydrogens is 303 g/mol. The Hall–Kier alpha value is 1.72. The van der Waals surface area contributed by atoms with Gasteiger partial charge >= 0.3 is 0 Å². The average molecular weight is 303 g/mol. The summed E-state index contributed by atoms with van der Waals surface area (Å²) in [5.74, 6) is 0. The van der Waals surface area contributed by atoms with Crippen molar-refractivity contribution in [3.8, 4) is 0 Å². The predicted molar refractivity (Wildman–Crippen MR) is 38.2 cm³/mol. The van der Waals surface area contributed by atoms with Crippen LogP contribution in [-0.4, -0.2) is 2.82 Å². The topological polar surface area (TPSA) is 0 Å². The van der Waals surface area contributed by atoms with Crippen molar-refractivity contribution in [1.29, 1.82) is 0 Å². The maximum atomic E-state index is 11.9. The van der Waals surface area contributed by atoms with Crippen molar-refractivity contribution in [1.82, 2.24) is 0 Å². The lowest BCUT2D eigenvalue weighted by Crippen LogP contribution is -1.85. The predicted octanol–water partition coefficient (Wildman–Crippen LogP) is 3.40. The summed E-state index contributed by atoms with van der Waals surface area (Å²) in [5.41, 5.74) is 0. The molecule has 0 aromatic heterocycles. The molecule has 0 atom stereocenters. The zero-order valence-electron chi connectivity index (χ0n) is 2.42. The summed E-state index contributed by atoms with van der Waals surface area (Å²) in [7, 11) is 0.861. The van der Waals surface area contributed by atoms with E-state index in [4.69, 9.17) is 0 Å². The normalized spacial score (nSPS) is 12.0. The molecule has 0 unspecified atom stereocenters. The van der Waals surface area contributed by atoms with Crippen LogP contribution in [0.3, 0.4) is 0 Å². The summed E-state index contributed by atoms with van der Waals surface area (Å²) < 4.78 is 10.4. The Kier molecular flexibility index (Phi) is 3.72. The summed E-state index contributed by atoms with van der Waals surface area (Å²) >= 11 is 8.10. The van der Waals surface area contributed by atoms with E-state index in [2.05, 4.69) is 46.7 Å². The molecular formula is CBr3FS. The highest BCUT2D eigenvalue weighted by molar-refractivity contribution is 9.54. The second-order valence-electron chi connectivity index (χ2n) is 0.523. The molecule has 0 spiro atoms. The molecule has 0 aromatic rings. The molecule has 0 heterocycles. The molecule has 0 bridgehead atoms. The van der Waals surface area contributed by atoms with Gasteiger partial charge in [-0.25, -0.2) is 4.39 Å². The van der Waals surface area contributed by atoms with Crippen molar-refractivity contribution in [3.05, 3.63) is 0 Å². The second-order valence-corrected chi connectivity index (χ2v) is 6.51. The zero-order valence-corrected chi connectivity index (χ0v) is 7.99. The Morgan fingerprint density at radius 2 is 1.67 bits per heavy atom. The number of rotatable bonds is 1. The van der Waals surface area contributed by atoms with Gasteiger partial charge in [0.1, 0.15) is 0 Å². The fourth-order valence-corrected chi connectivity index (χ4v) is 0. The number of halogens is 4. The summed E-state index contributed by atoms with van der Waals surface area (Å²) in [6.07, 6.45) is 0. The van der Waals surface area contributed by atoms with Crippen LogP contribution in [0.25, 0.3) is 0 Å². The molecule has 0 saturated carbocycles. The Balaban J connectivity index is 3.17. The maximum absolute atomic E-state index is 11.9. The molecule has 5 heteroatoms. The highest BCUT2D eigenvalue weighted by atomic mass is 79.9. The fourth-order valence-electron chi connectivity index (χ4n) is 0. The molecule has 38 valence electrons. The van der Waals surface area contributed by atoms with E-state index in [9.17, 15) is 4.39 Å². The lowest BCUT2D eigenvalue weighted by Gasteiger charge is -1.99. The molecule has 0 aliphatic heterocycles. The number of alkyl halides is 3. The Bertz CT molecular complexity index is 40.5. The molecule has 0 nitrogen and oxygen atoms in total. The van der Waals surface area contributed by atoms with Crippen LogP contribution in [0, 0.1) is 0 Å². The lowest BCUT2D eigenvalue weighted by molar-refractivity contribution is 0.552. The van der Waals surface area contributed by atoms with Crippen LogP contribution in [-0.2, 0) is 0 Å². The van der Waals surface area contributed by atoms with Crippen LogP contribution in [0.2, 0.25) is 0 Å². The summed E-state index contributed by atoms with van der Waals surface area (Å²) in [5, 5.41) is 0. The van der Waals surface area contributed by atoms with Crippen LogP contribution in [0.1, 0.15) is 0 Å². The van der Waals surface area contributed by atoms with Crippen molar-refractivity contribution >= 4 is 56.9 Å². The molecule has 0 amide bonds. The average Bonchev–Trinajstić information content (AvgIpc) is 1.35. The van der Waals surface area contributed by atoms with Crippen LogP contribution < -0.4 is 0 Å². The fraction of sp³-hybridized carbons (Fsp3) is 1.00. The van der Waals surface area contributed by atoms with Crippen LogP contribution >= 0.6 is 56.9 Å². The van der Waals surface area contributed by atoms with E-state index in [0.717, 1.165) is 10.2 Å². The van der Waals surface area contributed by atoms with E-state index in [1.54, 1.807) is 0 Å². The number of hydrogen-bond donors (Lipinski definition) is 0. The molecule has 0 N–H and O–H groups in total. The first-order valence-corrected chi connectivity index (χ1v) is 5.17. The van der Waals surface area contributed by atoms with E-state index in [1.165, 1.54) is 0 Å². The van der Waals surface area contributed by atoms with Gasteiger partial charge in [-0.05, 0) is 56.9 Å². The standard InChI is InChI=1S/CBr3FS/c2-1(3,5)6-4. The molecule has 0 rings (SSSR count). The van der Waals surface area contributed by atoms with Gasteiger partial charge in [0.15, 0.2) is 0 Å². The molecule has 0 fully saturated rings. The monoisotopic (exact) mass is 300 g/mol. The second kappa shape index (κ2) is 2.89. The molecule has 6 heavy (non-hydrogen) atoms. The smallest absolute Gasteiger partial charge is 0.205 e. The van der Waals surface area contributed by atoms with Crippen molar-refractivity contribution in [2.24, 2.45) is 0 Å². The minimum Gasteiger partial charge on any atom is -0.205 e. The van der Waals surface area contributed by atoms with Gasteiger partial charge in [0.25, 0.3) is 2.82 Å². The van der Waals surface area contributed by atoms with E-state index in [1.807, 2.05) is 0 Å². The van der Waals surface area contributed by atoms with E-state index < -0.39 is 2.82 Å². The van der Waals surface area contributed by atoms with Crippen LogP contribution in [0.5, 0.6) is 0 Å². The minimum atomic E-state index is -1.50. The van der Waals surface area contributed by atoms with Gasteiger partial charge in [-0.1, -0.05) is 0 Å². The molecule has 0 radical (unpaired) electrons. The van der Waals surface area contributed by atoms with E-state index in [-0.39, 0.29) is 0 Å². The van der Waals surface area contributed by atoms with Gasteiger partial charge < -0.3 is 0 Å². The molecule has 0 saturated heterocycles. The highest BCUT2D eigenvalue weighted by Gasteiger charge is 2.18. The van der Waals surface area contributed by atoms with Crippen molar-refractivity contribution < 1.29 is 4.39 Å². The van der Waals surface area contributed by atoms with Crippen molar-refractivity contribution in [2.45, 2.75) is 2.82 Å². The van der Waals surface area contributed by atoms with Crippen molar-refractivity contribution in [3.63, 3.8) is 0 Å². The zero-order chi connectivity index (χ0) is 5.21. The minimum absolute atomic E-state index is 0.861. The third kappa shape index (κ3) is 5.72. The Labute approximate surface area is 63.7 Å². The quantitative estimate of drug-likeness (QED) is 0.669.